The summed E-state index contributed by atoms with van der Waals surface area (Å²) in [6.45, 7) is 2.25. The highest BCUT2D eigenvalue weighted by atomic mass is 32.2. The van der Waals surface area contributed by atoms with Crippen LogP contribution in [0.4, 0.5) is 11.6 Å². The Kier molecular flexibility index (Phi) is 7.70. The maximum Gasteiger partial charge on any atom is 0.337 e. The molecule has 184 valence electrons. The van der Waals surface area contributed by atoms with E-state index in [2.05, 4.69) is 20.4 Å². The minimum atomic E-state index is -0.638. The number of carbonyl (C=O) groups is 3. The van der Waals surface area contributed by atoms with E-state index in [1.54, 1.807) is 6.26 Å². The van der Waals surface area contributed by atoms with Gasteiger partial charge < -0.3 is 24.1 Å². The standard InChI is InChI=1S/C23H25N5O6S/c1-32-20(30)15-10-16(21(31)33-2)12-17(11-15)24-19(29)14-35-23-26-25-22(27-7-3-4-8-27)28(23)13-18-6-5-9-34-18/h5-6,9-12H,3-4,7-8,13-14H2,1-2H3,(H,24,29). The van der Waals surface area contributed by atoms with E-state index < -0.39 is 11.9 Å². The predicted molar refractivity (Wildman–Crippen MR) is 128 cm³/mol. The third-order valence-electron chi connectivity index (χ3n) is 5.37. The van der Waals surface area contributed by atoms with Gasteiger partial charge in [0.05, 0.1) is 43.9 Å². The highest BCUT2D eigenvalue weighted by Crippen LogP contribution is 2.26. The lowest BCUT2D eigenvalue weighted by molar-refractivity contribution is -0.113. The lowest BCUT2D eigenvalue weighted by Crippen LogP contribution is -2.23. The third-order valence-corrected chi connectivity index (χ3v) is 6.34. The van der Waals surface area contributed by atoms with E-state index >= 15 is 0 Å². The van der Waals surface area contributed by atoms with E-state index in [1.165, 1.54) is 44.2 Å². The largest absolute Gasteiger partial charge is 0.467 e. The zero-order valence-electron chi connectivity index (χ0n) is 19.4. The number of benzene rings is 1. The number of ether oxygens (including phenoxy) is 2. The Hall–Kier alpha value is -3.80. The number of carbonyl (C=O) groups excluding carboxylic acids is 3. The number of nitrogens with one attached hydrogen (secondary N) is 1. The predicted octanol–water partition coefficient (Wildman–Crippen LogP) is 2.82. The van der Waals surface area contributed by atoms with Gasteiger partial charge in [0.25, 0.3) is 0 Å². The van der Waals surface area contributed by atoms with Crippen molar-refractivity contribution >= 4 is 41.2 Å². The van der Waals surface area contributed by atoms with Crippen LogP contribution in [0.5, 0.6) is 0 Å². The molecule has 1 amide bonds. The number of esters is 2. The molecular weight excluding hydrogens is 474 g/mol. The minimum Gasteiger partial charge on any atom is -0.467 e. The van der Waals surface area contributed by atoms with Crippen LogP contribution in [0.3, 0.4) is 0 Å². The summed E-state index contributed by atoms with van der Waals surface area (Å²) in [4.78, 5) is 38.9. The van der Waals surface area contributed by atoms with E-state index in [4.69, 9.17) is 13.9 Å². The molecule has 35 heavy (non-hydrogen) atoms. The van der Waals surface area contributed by atoms with Gasteiger partial charge in [0.15, 0.2) is 5.16 Å². The molecule has 0 spiro atoms. The Balaban J connectivity index is 1.49. The van der Waals surface area contributed by atoms with E-state index in [9.17, 15) is 14.4 Å². The summed E-state index contributed by atoms with van der Waals surface area (Å²) in [6, 6.07) is 7.92. The average Bonchev–Trinajstić information content (AvgIpc) is 3.64. The summed E-state index contributed by atoms with van der Waals surface area (Å²) < 4.78 is 16.9. The van der Waals surface area contributed by atoms with Crippen LogP contribution in [0.15, 0.2) is 46.2 Å². The molecule has 3 heterocycles. The second kappa shape index (κ2) is 11.1. The Morgan fingerprint density at radius 3 is 2.34 bits per heavy atom. The molecule has 2 aromatic heterocycles. The molecule has 0 aliphatic carbocycles. The maximum atomic E-state index is 12.7. The lowest BCUT2D eigenvalue weighted by atomic mass is 10.1. The zero-order valence-corrected chi connectivity index (χ0v) is 20.2. The number of anilines is 2. The fourth-order valence-electron chi connectivity index (χ4n) is 3.73. The van der Waals surface area contributed by atoms with Crippen molar-refractivity contribution in [2.45, 2.75) is 24.5 Å². The molecule has 0 saturated carbocycles. The Labute approximate surface area is 205 Å². The minimum absolute atomic E-state index is 0.0340. The Morgan fingerprint density at radius 1 is 1.06 bits per heavy atom. The van der Waals surface area contributed by atoms with Gasteiger partial charge in [0, 0.05) is 18.8 Å². The van der Waals surface area contributed by atoms with Gasteiger partial charge >= 0.3 is 11.9 Å². The molecular formula is C23H25N5O6S. The van der Waals surface area contributed by atoms with Gasteiger partial charge in [-0.3, -0.25) is 9.36 Å². The summed E-state index contributed by atoms with van der Waals surface area (Å²) in [7, 11) is 2.47. The molecule has 0 unspecified atom stereocenters. The summed E-state index contributed by atoms with van der Waals surface area (Å²) in [6.07, 6.45) is 3.80. The van der Waals surface area contributed by atoms with Crippen molar-refractivity contribution in [2.24, 2.45) is 0 Å². The van der Waals surface area contributed by atoms with E-state index in [0.717, 1.165) is 37.6 Å². The molecule has 0 atom stereocenters. The Morgan fingerprint density at radius 2 is 1.74 bits per heavy atom. The first-order valence-electron chi connectivity index (χ1n) is 10.9. The van der Waals surface area contributed by atoms with Crippen molar-refractivity contribution in [1.29, 1.82) is 0 Å². The van der Waals surface area contributed by atoms with E-state index in [-0.39, 0.29) is 28.5 Å². The van der Waals surface area contributed by atoms with Crippen LogP contribution in [0.2, 0.25) is 0 Å². The fourth-order valence-corrected chi connectivity index (χ4v) is 4.47. The van der Waals surface area contributed by atoms with Crippen molar-refractivity contribution in [3.63, 3.8) is 0 Å². The molecule has 0 radical (unpaired) electrons. The SMILES string of the molecule is COC(=O)c1cc(NC(=O)CSc2nnc(N3CCCC3)n2Cc2ccco2)cc(C(=O)OC)c1. The normalized spacial score (nSPS) is 13.0. The van der Waals surface area contributed by atoms with Crippen LogP contribution in [0.1, 0.15) is 39.3 Å². The Bertz CT molecular complexity index is 1170. The molecule has 3 aromatic rings. The summed E-state index contributed by atoms with van der Waals surface area (Å²) in [5, 5.41) is 12.0. The third kappa shape index (κ3) is 5.83. The van der Waals surface area contributed by atoms with Crippen LogP contribution in [-0.2, 0) is 20.8 Å². The second-order valence-corrected chi connectivity index (χ2v) is 8.70. The van der Waals surface area contributed by atoms with E-state index in [1.807, 2.05) is 16.7 Å². The molecule has 1 aromatic carbocycles. The number of aromatic nitrogens is 3. The number of rotatable bonds is 9. The van der Waals surface area contributed by atoms with Gasteiger partial charge in [0.1, 0.15) is 5.76 Å². The molecule has 0 bridgehead atoms. The topological polar surface area (TPSA) is 129 Å². The maximum absolute atomic E-state index is 12.7. The van der Waals surface area contributed by atoms with Gasteiger partial charge in [-0.15, -0.1) is 10.2 Å². The van der Waals surface area contributed by atoms with Gasteiger partial charge in [-0.1, -0.05) is 11.8 Å². The van der Waals surface area contributed by atoms with Crippen LogP contribution in [0.25, 0.3) is 0 Å². The highest BCUT2D eigenvalue weighted by Gasteiger charge is 2.23. The van der Waals surface area contributed by atoms with Crippen molar-refractivity contribution in [3.8, 4) is 0 Å². The number of furan rings is 1. The monoisotopic (exact) mass is 499 g/mol. The van der Waals surface area contributed by atoms with Gasteiger partial charge in [-0.05, 0) is 43.2 Å². The molecule has 1 aliphatic rings. The van der Waals surface area contributed by atoms with Gasteiger partial charge in [-0.2, -0.15) is 0 Å². The van der Waals surface area contributed by atoms with Crippen LogP contribution < -0.4 is 10.2 Å². The fraction of sp³-hybridized carbons (Fsp3) is 0.348. The van der Waals surface area contributed by atoms with E-state index in [0.29, 0.717) is 11.7 Å². The van der Waals surface area contributed by atoms with Gasteiger partial charge in [-0.25, -0.2) is 9.59 Å². The first kappa shape index (κ1) is 24.3. The number of nitrogens with zero attached hydrogens (tertiary/aromatic N) is 4. The molecule has 1 N–H and O–H groups in total. The number of amides is 1. The lowest BCUT2D eigenvalue weighted by Gasteiger charge is -2.17. The van der Waals surface area contributed by atoms with Crippen LogP contribution in [-0.4, -0.2) is 65.7 Å². The van der Waals surface area contributed by atoms with Crippen LogP contribution >= 0.6 is 11.8 Å². The summed E-state index contributed by atoms with van der Waals surface area (Å²) in [5.74, 6) is -0.0844. The van der Waals surface area contributed by atoms with Crippen LogP contribution in [0, 0.1) is 0 Å². The smallest absolute Gasteiger partial charge is 0.337 e. The number of hydrogen-bond acceptors (Lipinski definition) is 10. The average molecular weight is 500 g/mol. The number of methoxy groups -OCH3 is 2. The quantitative estimate of drug-likeness (QED) is 0.347. The molecule has 1 fully saturated rings. The molecule has 11 nitrogen and oxygen atoms in total. The van der Waals surface area contributed by atoms with Crippen molar-refractivity contribution < 1.29 is 28.3 Å². The summed E-state index contributed by atoms with van der Waals surface area (Å²) >= 11 is 1.23. The van der Waals surface area contributed by atoms with Crippen molar-refractivity contribution in [3.05, 3.63) is 53.5 Å². The first-order valence-corrected chi connectivity index (χ1v) is 11.9. The number of thioether (sulfide) groups is 1. The van der Waals surface area contributed by atoms with Crippen molar-refractivity contribution in [1.82, 2.24) is 14.8 Å². The molecule has 1 aliphatic heterocycles. The molecule has 4 rings (SSSR count). The van der Waals surface area contributed by atoms with Crippen molar-refractivity contribution in [2.75, 3.05) is 43.3 Å². The first-order chi connectivity index (χ1) is 17.0. The number of hydrogen-bond donors (Lipinski definition) is 1. The molecule has 1 saturated heterocycles. The highest BCUT2D eigenvalue weighted by molar-refractivity contribution is 7.99. The summed E-state index contributed by atoms with van der Waals surface area (Å²) in [5.41, 5.74) is 0.507. The zero-order chi connectivity index (χ0) is 24.8. The molecule has 12 heteroatoms. The van der Waals surface area contributed by atoms with Gasteiger partial charge in [0.2, 0.25) is 11.9 Å². The second-order valence-electron chi connectivity index (χ2n) is 7.76.